The molecule has 5 nitrogen and oxygen atoms in total. The van der Waals surface area contributed by atoms with Crippen molar-refractivity contribution in [1.82, 2.24) is 5.32 Å². The van der Waals surface area contributed by atoms with Crippen LogP contribution in [0.1, 0.15) is 28.3 Å². The standard InChI is InChI=1S/C18H17NO4/c1-23-14-9-7-12(8-10-14)15-11-18(15,17(21)22)19-16(20)13-5-3-2-4-6-13/h2-10,15H,11H2,1H3,(H,19,20)(H,21,22). The largest absolute Gasteiger partial charge is 0.497 e. The van der Waals surface area contributed by atoms with Gasteiger partial charge in [-0.1, -0.05) is 30.3 Å². The molecule has 23 heavy (non-hydrogen) atoms. The molecule has 118 valence electrons. The third-order valence-electron chi connectivity index (χ3n) is 4.23. The predicted octanol–water partition coefficient (Wildman–Crippen LogP) is 2.44. The number of hydrogen-bond donors (Lipinski definition) is 2. The van der Waals surface area contributed by atoms with E-state index in [1.807, 2.05) is 12.1 Å². The fraction of sp³-hybridized carbons (Fsp3) is 0.222. The molecular weight excluding hydrogens is 294 g/mol. The second-order valence-electron chi connectivity index (χ2n) is 5.63. The fourth-order valence-electron chi connectivity index (χ4n) is 2.79. The molecular formula is C18H17NO4. The van der Waals surface area contributed by atoms with Gasteiger partial charge >= 0.3 is 5.97 Å². The van der Waals surface area contributed by atoms with Crippen LogP contribution in [0.15, 0.2) is 54.6 Å². The Bertz CT molecular complexity index is 726. The smallest absolute Gasteiger partial charge is 0.330 e. The minimum absolute atomic E-state index is 0.237. The lowest BCUT2D eigenvalue weighted by molar-refractivity contribution is -0.140. The zero-order chi connectivity index (χ0) is 16.4. The maximum absolute atomic E-state index is 12.3. The summed E-state index contributed by atoms with van der Waals surface area (Å²) in [6.07, 6.45) is 0.382. The van der Waals surface area contributed by atoms with Gasteiger partial charge in [0.15, 0.2) is 0 Å². The lowest BCUT2D eigenvalue weighted by atomic mass is 10.1. The zero-order valence-electron chi connectivity index (χ0n) is 12.7. The van der Waals surface area contributed by atoms with Crippen LogP contribution in [0.5, 0.6) is 5.75 Å². The predicted molar refractivity (Wildman–Crippen MR) is 84.6 cm³/mol. The van der Waals surface area contributed by atoms with Gasteiger partial charge in [0.1, 0.15) is 11.3 Å². The molecule has 1 saturated carbocycles. The first-order chi connectivity index (χ1) is 11.1. The first-order valence-corrected chi connectivity index (χ1v) is 7.32. The molecule has 2 aromatic rings. The van der Waals surface area contributed by atoms with Gasteiger partial charge in [0, 0.05) is 11.5 Å². The number of carbonyl (C=O) groups excluding carboxylic acids is 1. The number of methoxy groups -OCH3 is 1. The summed E-state index contributed by atoms with van der Waals surface area (Å²) in [6, 6.07) is 15.9. The van der Waals surface area contributed by atoms with E-state index in [1.165, 1.54) is 0 Å². The highest BCUT2D eigenvalue weighted by Gasteiger charge is 2.62. The molecule has 1 aliphatic carbocycles. The average molecular weight is 311 g/mol. The Hall–Kier alpha value is -2.82. The van der Waals surface area contributed by atoms with Crippen molar-refractivity contribution < 1.29 is 19.4 Å². The van der Waals surface area contributed by atoms with Crippen LogP contribution in [-0.4, -0.2) is 29.6 Å². The Balaban J connectivity index is 1.80. The third kappa shape index (κ3) is 2.77. The Morgan fingerprint density at radius 2 is 1.78 bits per heavy atom. The van der Waals surface area contributed by atoms with E-state index < -0.39 is 11.5 Å². The summed E-state index contributed by atoms with van der Waals surface area (Å²) in [5.41, 5.74) is 0.0942. The van der Waals surface area contributed by atoms with Crippen LogP contribution in [-0.2, 0) is 4.79 Å². The monoisotopic (exact) mass is 311 g/mol. The van der Waals surface area contributed by atoms with E-state index >= 15 is 0 Å². The van der Waals surface area contributed by atoms with E-state index in [2.05, 4.69) is 5.32 Å². The minimum Gasteiger partial charge on any atom is -0.497 e. The first-order valence-electron chi connectivity index (χ1n) is 7.32. The number of carboxylic acid groups (broad SMARTS) is 1. The average Bonchev–Trinajstić information content (AvgIpc) is 3.31. The molecule has 2 atom stereocenters. The van der Waals surface area contributed by atoms with Crippen LogP contribution >= 0.6 is 0 Å². The van der Waals surface area contributed by atoms with Crippen LogP contribution in [0.3, 0.4) is 0 Å². The molecule has 0 aliphatic heterocycles. The molecule has 1 aliphatic rings. The van der Waals surface area contributed by atoms with Gasteiger partial charge in [-0.15, -0.1) is 0 Å². The highest BCUT2D eigenvalue weighted by atomic mass is 16.5. The normalized spacial score (nSPS) is 22.2. The van der Waals surface area contributed by atoms with Crippen molar-refractivity contribution >= 4 is 11.9 Å². The van der Waals surface area contributed by atoms with Crippen molar-refractivity contribution in [3.63, 3.8) is 0 Å². The van der Waals surface area contributed by atoms with Crippen molar-refractivity contribution in [2.45, 2.75) is 17.9 Å². The minimum atomic E-state index is -1.23. The van der Waals surface area contributed by atoms with Gasteiger partial charge in [0.05, 0.1) is 7.11 Å². The molecule has 0 aromatic heterocycles. The third-order valence-corrected chi connectivity index (χ3v) is 4.23. The summed E-state index contributed by atoms with van der Waals surface area (Å²) in [4.78, 5) is 24.0. The Kier molecular flexibility index (Phi) is 3.78. The summed E-state index contributed by atoms with van der Waals surface area (Å²) in [6.45, 7) is 0. The van der Waals surface area contributed by atoms with Crippen LogP contribution in [0, 0.1) is 0 Å². The van der Waals surface area contributed by atoms with E-state index in [0.717, 1.165) is 5.56 Å². The van der Waals surface area contributed by atoms with E-state index in [0.29, 0.717) is 17.7 Å². The van der Waals surface area contributed by atoms with Crippen LogP contribution in [0.2, 0.25) is 0 Å². The second-order valence-corrected chi connectivity index (χ2v) is 5.63. The highest BCUT2D eigenvalue weighted by Crippen LogP contribution is 2.52. The van der Waals surface area contributed by atoms with Crippen molar-refractivity contribution in [3.8, 4) is 5.75 Å². The second kappa shape index (κ2) is 5.76. The lowest BCUT2D eigenvalue weighted by Crippen LogP contribution is -2.44. The van der Waals surface area contributed by atoms with Crippen LogP contribution < -0.4 is 10.1 Å². The quantitative estimate of drug-likeness (QED) is 0.889. The number of carboxylic acids is 1. The van der Waals surface area contributed by atoms with Crippen molar-refractivity contribution in [2.24, 2.45) is 0 Å². The van der Waals surface area contributed by atoms with Gasteiger partial charge in [0.2, 0.25) is 0 Å². The van der Waals surface area contributed by atoms with Crippen molar-refractivity contribution in [3.05, 3.63) is 65.7 Å². The Labute approximate surface area is 133 Å². The summed E-state index contributed by atoms with van der Waals surface area (Å²) >= 11 is 0. The molecule has 2 aromatic carbocycles. The van der Waals surface area contributed by atoms with Gasteiger partial charge in [-0.3, -0.25) is 4.79 Å². The van der Waals surface area contributed by atoms with Gasteiger partial charge in [-0.25, -0.2) is 4.79 Å². The molecule has 0 spiro atoms. The molecule has 1 amide bonds. The Morgan fingerprint density at radius 1 is 1.13 bits per heavy atom. The van der Waals surface area contributed by atoms with E-state index in [4.69, 9.17) is 4.74 Å². The summed E-state index contributed by atoms with van der Waals surface area (Å²) < 4.78 is 5.11. The zero-order valence-corrected chi connectivity index (χ0v) is 12.7. The van der Waals surface area contributed by atoms with Gasteiger partial charge in [-0.2, -0.15) is 0 Å². The number of carbonyl (C=O) groups is 2. The van der Waals surface area contributed by atoms with Gasteiger partial charge in [0.25, 0.3) is 5.91 Å². The molecule has 5 heteroatoms. The van der Waals surface area contributed by atoms with E-state index in [9.17, 15) is 14.7 Å². The highest BCUT2D eigenvalue weighted by molar-refractivity contribution is 5.99. The Morgan fingerprint density at radius 3 is 2.35 bits per heavy atom. The molecule has 3 rings (SSSR count). The summed E-state index contributed by atoms with van der Waals surface area (Å²) in [5.74, 6) is -0.908. The van der Waals surface area contributed by atoms with Crippen molar-refractivity contribution in [1.29, 1.82) is 0 Å². The van der Waals surface area contributed by atoms with Gasteiger partial charge in [-0.05, 0) is 36.2 Å². The van der Waals surface area contributed by atoms with Gasteiger partial charge < -0.3 is 15.2 Å². The van der Waals surface area contributed by atoms with E-state index in [-0.39, 0.29) is 11.8 Å². The number of aliphatic carboxylic acids is 1. The fourth-order valence-corrected chi connectivity index (χ4v) is 2.79. The first kappa shape index (κ1) is 15.1. The molecule has 0 saturated heterocycles. The number of rotatable bonds is 5. The van der Waals surface area contributed by atoms with Crippen LogP contribution in [0.25, 0.3) is 0 Å². The van der Waals surface area contributed by atoms with E-state index in [1.54, 1.807) is 49.6 Å². The molecule has 0 heterocycles. The lowest BCUT2D eigenvalue weighted by Gasteiger charge is -2.15. The number of amides is 1. The number of ether oxygens (including phenoxy) is 1. The SMILES string of the molecule is COc1ccc(C2CC2(NC(=O)c2ccccc2)C(=O)O)cc1. The summed E-state index contributed by atoms with van der Waals surface area (Å²) in [5, 5.41) is 12.3. The molecule has 0 bridgehead atoms. The number of hydrogen-bond acceptors (Lipinski definition) is 3. The molecule has 0 radical (unpaired) electrons. The maximum Gasteiger partial charge on any atom is 0.330 e. The topological polar surface area (TPSA) is 75.6 Å². The number of benzene rings is 2. The molecule has 1 fully saturated rings. The van der Waals surface area contributed by atoms with Crippen molar-refractivity contribution in [2.75, 3.05) is 7.11 Å². The van der Waals surface area contributed by atoms with Crippen LogP contribution in [0.4, 0.5) is 0 Å². The number of nitrogens with one attached hydrogen (secondary N) is 1. The molecule has 2 unspecified atom stereocenters. The molecule has 2 N–H and O–H groups in total. The summed E-state index contributed by atoms with van der Waals surface area (Å²) in [7, 11) is 1.58. The maximum atomic E-state index is 12.3.